The largest absolute Gasteiger partial charge is 0.375 e. The summed E-state index contributed by atoms with van der Waals surface area (Å²) in [6.07, 6.45) is 5.82. The van der Waals surface area contributed by atoms with Gasteiger partial charge >= 0.3 is 0 Å². The van der Waals surface area contributed by atoms with Crippen LogP contribution in [0.1, 0.15) is 23.6 Å². The Hall–Kier alpha value is -2.99. The second-order valence-electron chi connectivity index (χ2n) is 7.34. The SMILES string of the molecule is Cc1ccc(-c2cnn(C)c2)cc1C(=N)c1ccnc(N2CCO[C@@H](C)C2)c1. The molecule has 6 heteroatoms. The minimum Gasteiger partial charge on any atom is -0.375 e. The molecular formula is C22H25N5O. The molecule has 2 aromatic heterocycles. The van der Waals surface area contributed by atoms with E-state index in [9.17, 15) is 0 Å². The first-order valence-electron chi connectivity index (χ1n) is 9.53. The fourth-order valence-corrected chi connectivity index (χ4v) is 3.57. The third-order valence-electron chi connectivity index (χ3n) is 5.14. The molecule has 1 saturated heterocycles. The van der Waals surface area contributed by atoms with Gasteiger partial charge in [0.05, 0.1) is 24.6 Å². The normalized spacial score (nSPS) is 17.0. The zero-order chi connectivity index (χ0) is 19.7. The highest BCUT2D eigenvalue weighted by Gasteiger charge is 2.19. The van der Waals surface area contributed by atoms with Crippen LogP contribution >= 0.6 is 0 Å². The monoisotopic (exact) mass is 375 g/mol. The van der Waals surface area contributed by atoms with Crippen molar-refractivity contribution in [3.63, 3.8) is 0 Å². The Morgan fingerprint density at radius 3 is 2.82 bits per heavy atom. The topological polar surface area (TPSA) is 67.0 Å². The molecule has 0 amide bonds. The Labute approximate surface area is 165 Å². The van der Waals surface area contributed by atoms with Crippen LogP contribution in [0.15, 0.2) is 48.9 Å². The number of benzene rings is 1. The van der Waals surface area contributed by atoms with Gasteiger partial charge in [-0.15, -0.1) is 0 Å². The van der Waals surface area contributed by atoms with Crippen molar-refractivity contribution in [3.05, 3.63) is 65.6 Å². The van der Waals surface area contributed by atoms with Crippen molar-refractivity contribution in [1.29, 1.82) is 5.41 Å². The third kappa shape index (κ3) is 3.68. The van der Waals surface area contributed by atoms with Gasteiger partial charge in [-0.2, -0.15) is 5.10 Å². The van der Waals surface area contributed by atoms with Gasteiger partial charge in [-0.1, -0.05) is 12.1 Å². The van der Waals surface area contributed by atoms with Crippen LogP contribution in [0.25, 0.3) is 11.1 Å². The van der Waals surface area contributed by atoms with Gasteiger partial charge in [0.1, 0.15) is 5.82 Å². The number of ether oxygens (including phenoxy) is 1. The molecule has 6 nitrogen and oxygen atoms in total. The van der Waals surface area contributed by atoms with Gasteiger partial charge < -0.3 is 9.64 Å². The molecular weight excluding hydrogens is 350 g/mol. The lowest BCUT2D eigenvalue weighted by Crippen LogP contribution is -2.41. The molecule has 1 N–H and O–H groups in total. The van der Waals surface area contributed by atoms with Gasteiger partial charge in [0.2, 0.25) is 0 Å². The summed E-state index contributed by atoms with van der Waals surface area (Å²) in [5.41, 5.74) is 5.50. The molecule has 28 heavy (non-hydrogen) atoms. The number of nitrogens with zero attached hydrogens (tertiary/aromatic N) is 4. The summed E-state index contributed by atoms with van der Waals surface area (Å²) in [5, 5.41) is 13.1. The summed E-state index contributed by atoms with van der Waals surface area (Å²) < 4.78 is 7.42. The molecule has 3 heterocycles. The Morgan fingerprint density at radius 1 is 1.21 bits per heavy atom. The molecule has 1 atom stereocenters. The highest BCUT2D eigenvalue weighted by molar-refractivity contribution is 6.12. The zero-order valence-electron chi connectivity index (χ0n) is 16.5. The Kier molecular flexibility index (Phi) is 4.96. The molecule has 3 aromatic rings. The van der Waals surface area contributed by atoms with E-state index in [1.54, 1.807) is 10.9 Å². The van der Waals surface area contributed by atoms with Crippen molar-refractivity contribution >= 4 is 11.5 Å². The van der Waals surface area contributed by atoms with E-state index >= 15 is 0 Å². The van der Waals surface area contributed by atoms with Crippen LogP contribution in [0.3, 0.4) is 0 Å². The number of pyridine rings is 1. The minimum atomic E-state index is 0.192. The average molecular weight is 375 g/mol. The summed E-state index contributed by atoms with van der Waals surface area (Å²) in [6, 6.07) is 10.1. The molecule has 0 saturated carbocycles. The number of aryl methyl sites for hydroxylation is 2. The maximum Gasteiger partial charge on any atom is 0.129 e. The van der Waals surface area contributed by atoms with E-state index in [1.165, 1.54) is 0 Å². The molecule has 0 bridgehead atoms. The number of nitrogens with one attached hydrogen (secondary N) is 1. The van der Waals surface area contributed by atoms with Crippen LogP contribution < -0.4 is 4.90 Å². The van der Waals surface area contributed by atoms with Crippen LogP contribution in [0.5, 0.6) is 0 Å². The predicted octanol–water partition coefficient (Wildman–Crippen LogP) is 3.43. The maximum absolute atomic E-state index is 8.83. The van der Waals surface area contributed by atoms with Crippen molar-refractivity contribution in [1.82, 2.24) is 14.8 Å². The summed E-state index contributed by atoms with van der Waals surface area (Å²) in [5.74, 6) is 0.901. The lowest BCUT2D eigenvalue weighted by Gasteiger charge is -2.32. The summed E-state index contributed by atoms with van der Waals surface area (Å²) in [4.78, 5) is 6.75. The van der Waals surface area contributed by atoms with Crippen LogP contribution in [-0.4, -0.2) is 46.3 Å². The maximum atomic E-state index is 8.83. The first kappa shape index (κ1) is 18.4. The van der Waals surface area contributed by atoms with Gasteiger partial charge in [0, 0.05) is 49.2 Å². The van der Waals surface area contributed by atoms with Gasteiger partial charge in [-0.05, 0) is 43.2 Å². The van der Waals surface area contributed by atoms with Crippen molar-refractivity contribution in [2.75, 3.05) is 24.6 Å². The second kappa shape index (κ2) is 7.56. The quantitative estimate of drug-likeness (QED) is 0.710. The molecule has 1 aliphatic heterocycles. The molecule has 144 valence electrons. The fraction of sp³-hybridized carbons (Fsp3) is 0.318. The van der Waals surface area contributed by atoms with Crippen molar-refractivity contribution < 1.29 is 4.74 Å². The molecule has 1 aliphatic rings. The van der Waals surface area contributed by atoms with Gasteiger partial charge in [-0.25, -0.2) is 4.98 Å². The highest BCUT2D eigenvalue weighted by atomic mass is 16.5. The van der Waals surface area contributed by atoms with E-state index in [-0.39, 0.29) is 6.10 Å². The third-order valence-corrected chi connectivity index (χ3v) is 5.14. The number of anilines is 1. The minimum absolute atomic E-state index is 0.192. The molecule has 1 fully saturated rings. The number of hydrogen-bond donors (Lipinski definition) is 1. The van der Waals surface area contributed by atoms with Gasteiger partial charge in [0.25, 0.3) is 0 Å². The molecule has 0 unspecified atom stereocenters. The van der Waals surface area contributed by atoms with E-state index in [2.05, 4.69) is 40.1 Å². The van der Waals surface area contributed by atoms with Crippen LogP contribution in [-0.2, 0) is 11.8 Å². The van der Waals surface area contributed by atoms with Crippen molar-refractivity contribution in [3.8, 4) is 11.1 Å². The molecule has 1 aromatic carbocycles. The standard InChI is InChI=1S/C22H25N5O/c1-15-4-5-17(19-12-25-26(3)14-19)10-20(15)22(23)18-6-7-24-21(11-18)27-8-9-28-16(2)13-27/h4-7,10-12,14,16,23H,8-9,13H2,1-3H3/t16-/m0/s1. The lowest BCUT2D eigenvalue weighted by atomic mass is 9.95. The van der Waals surface area contributed by atoms with Crippen LogP contribution in [0, 0.1) is 12.3 Å². The summed E-state index contributed by atoms with van der Waals surface area (Å²) >= 11 is 0. The lowest BCUT2D eigenvalue weighted by molar-refractivity contribution is 0.0529. The molecule has 4 rings (SSSR count). The summed E-state index contributed by atoms with van der Waals surface area (Å²) in [6.45, 7) is 6.47. The number of hydrogen-bond acceptors (Lipinski definition) is 5. The van der Waals surface area contributed by atoms with E-state index in [0.717, 1.165) is 46.7 Å². The smallest absolute Gasteiger partial charge is 0.129 e. The molecule has 0 aliphatic carbocycles. The van der Waals surface area contributed by atoms with E-state index < -0.39 is 0 Å². The second-order valence-corrected chi connectivity index (χ2v) is 7.34. The van der Waals surface area contributed by atoms with E-state index in [1.807, 2.05) is 38.5 Å². The van der Waals surface area contributed by atoms with E-state index in [4.69, 9.17) is 10.1 Å². The van der Waals surface area contributed by atoms with Gasteiger partial charge in [-0.3, -0.25) is 10.1 Å². The van der Waals surface area contributed by atoms with E-state index in [0.29, 0.717) is 12.3 Å². The average Bonchev–Trinajstić information content (AvgIpc) is 3.14. The van der Waals surface area contributed by atoms with Crippen LogP contribution in [0.2, 0.25) is 0 Å². The number of rotatable bonds is 4. The highest BCUT2D eigenvalue weighted by Crippen LogP contribution is 2.25. The first-order chi connectivity index (χ1) is 13.5. The van der Waals surface area contributed by atoms with Crippen molar-refractivity contribution in [2.45, 2.75) is 20.0 Å². The fourth-order valence-electron chi connectivity index (χ4n) is 3.57. The summed E-state index contributed by atoms with van der Waals surface area (Å²) in [7, 11) is 1.91. The Bertz CT molecular complexity index is 1010. The zero-order valence-corrected chi connectivity index (χ0v) is 16.5. The number of morpholine rings is 1. The molecule has 0 spiro atoms. The van der Waals surface area contributed by atoms with Crippen molar-refractivity contribution in [2.24, 2.45) is 7.05 Å². The number of aromatic nitrogens is 3. The Balaban J connectivity index is 1.65. The first-order valence-corrected chi connectivity index (χ1v) is 9.53. The van der Waals surface area contributed by atoms with Gasteiger partial charge in [0.15, 0.2) is 0 Å². The van der Waals surface area contributed by atoms with Crippen LogP contribution in [0.4, 0.5) is 5.82 Å². The Morgan fingerprint density at radius 2 is 2.07 bits per heavy atom. The molecule has 0 radical (unpaired) electrons. The predicted molar refractivity (Wildman–Crippen MR) is 111 cm³/mol.